The number of methoxy groups -OCH3 is 2. The summed E-state index contributed by atoms with van der Waals surface area (Å²) in [5, 5.41) is 13.2. The van der Waals surface area contributed by atoms with Crippen LogP contribution >= 0.6 is 0 Å². The highest BCUT2D eigenvalue weighted by Gasteiger charge is 2.30. The molecular formula is C13H19NO3. The molecule has 1 aliphatic rings. The van der Waals surface area contributed by atoms with Gasteiger partial charge in [-0.2, -0.15) is 0 Å². The molecule has 0 heterocycles. The molecule has 0 fully saturated rings. The zero-order valence-corrected chi connectivity index (χ0v) is 10.5. The molecule has 2 unspecified atom stereocenters. The quantitative estimate of drug-likeness (QED) is 0.832. The third-order valence-electron chi connectivity index (χ3n) is 3.35. The first kappa shape index (κ1) is 12.2. The highest BCUT2D eigenvalue weighted by Crippen LogP contribution is 2.44. The van der Waals surface area contributed by atoms with Crippen LogP contribution in [0.3, 0.4) is 0 Å². The number of benzene rings is 1. The van der Waals surface area contributed by atoms with Gasteiger partial charge in [0.15, 0.2) is 11.5 Å². The molecule has 4 heteroatoms. The molecule has 4 nitrogen and oxygen atoms in total. The van der Waals surface area contributed by atoms with Crippen LogP contribution in [0.5, 0.6) is 11.5 Å². The van der Waals surface area contributed by atoms with Gasteiger partial charge in [-0.3, -0.25) is 0 Å². The van der Waals surface area contributed by atoms with Gasteiger partial charge in [-0.05, 0) is 42.6 Å². The number of aliphatic hydroxyl groups excluding tert-OH is 1. The van der Waals surface area contributed by atoms with E-state index < -0.39 is 6.10 Å². The molecule has 94 valence electrons. The minimum Gasteiger partial charge on any atom is -0.493 e. The van der Waals surface area contributed by atoms with Crippen LogP contribution in [0.15, 0.2) is 12.1 Å². The lowest BCUT2D eigenvalue weighted by Gasteiger charge is -2.14. The van der Waals surface area contributed by atoms with Crippen LogP contribution in [-0.4, -0.2) is 32.9 Å². The molecule has 1 aromatic rings. The molecule has 1 aliphatic carbocycles. The number of aliphatic hydroxyl groups is 1. The Hall–Kier alpha value is -1.26. The minimum atomic E-state index is -0.400. The molecule has 17 heavy (non-hydrogen) atoms. The van der Waals surface area contributed by atoms with Crippen molar-refractivity contribution in [1.29, 1.82) is 0 Å². The van der Waals surface area contributed by atoms with Crippen molar-refractivity contribution in [3.05, 3.63) is 23.3 Å². The maximum absolute atomic E-state index is 10.0. The maximum atomic E-state index is 10.0. The molecule has 2 atom stereocenters. The highest BCUT2D eigenvalue weighted by molar-refractivity contribution is 5.51. The second-order valence-electron chi connectivity index (χ2n) is 4.34. The number of hydrogen-bond donors (Lipinski definition) is 2. The maximum Gasteiger partial charge on any atom is 0.161 e. The summed E-state index contributed by atoms with van der Waals surface area (Å²) >= 11 is 0. The van der Waals surface area contributed by atoms with Gasteiger partial charge < -0.3 is 19.9 Å². The van der Waals surface area contributed by atoms with Crippen LogP contribution in [0.4, 0.5) is 0 Å². The summed E-state index contributed by atoms with van der Waals surface area (Å²) in [4.78, 5) is 0. The lowest BCUT2D eigenvalue weighted by Crippen LogP contribution is -2.15. The number of rotatable bonds is 4. The number of likely N-dealkylation sites (N-methyl/N-ethyl adjacent to an activating group) is 1. The third-order valence-corrected chi connectivity index (χ3v) is 3.35. The first-order valence-electron chi connectivity index (χ1n) is 5.79. The van der Waals surface area contributed by atoms with E-state index in [1.807, 2.05) is 19.2 Å². The average molecular weight is 237 g/mol. The predicted octanol–water partition coefficient (Wildman–Crippen LogP) is 1.44. The van der Waals surface area contributed by atoms with Gasteiger partial charge in [0.2, 0.25) is 0 Å². The molecular weight excluding hydrogens is 218 g/mol. The summed E-state index contributed by atoms with van der Waals surface area (Å²) in [7, 11) is 5.16. The van der Waals surface area contributed by atoms with E-state index in [4.69, 9.17) is 9.47 Å². The van der Waals surface area contributed by atoms with Gasteiger partial charge >= 0.3 is 0 Å². The number of hydrogen-bond acceptors (Lipinski definition) is 4. The minimum absolute atomic E-state index is 0.338. The number of nitrogens with one attached hydrogen (secondary N) is 1. The van der Waals surface area contributed by atoms with Crippen LogP contribution in [0.1, 0.15) is 29.6 Å². The second kappa shape index (κ2) is 4.94. The summed E-state index contributed by atoms with van der Waals surface area (Å²) in [6.45, 7) is 0.861. The fourth-order valence-corrected chi connectivity index (χ4v) is 2.52. The van der Waals surface area contributed by atoms with E-state index in [-0.39, 0.29) is 0 Å². The molecule has 2 N–H and O–H groups in total. The Kier molecular flexibility index (Phi) is 3.54. The molecule has 0 amide bonds. The fourth-order valence-electron chi connectivity index (χ4n) is 2.52. The molecule has 0 spiro atoms. The van der Waals surface area contributed by atoms with Crippen molar-refractivity contribution in [1.82, 2.24) is 5.32 Å². The van der Waals surface area contributed by atoms with Crippen LogP contribution in [0.25, 0.3) is 0 Å². The third kappa shape index (κ3) is 2.10. The summed E-state index contributed by atoms with van der Waals surface area (Å²) in [5.74, 6) is 1.74. The first-order chi connectivity index (χ1) is 8.21. The zero-order valence-electron chi connectivity index (χ0n) is 10.5. The van der Waals surface area contributed by atoms with Crippen molar-refractivity contribution in [2.75, 3.05) is 27.8 Å². The normalized spacial score (nSPS) is 22.4. The fraction of sp³-hybridized carbons (Fsp3) is 0.538. The van der Waals surface area contributed by atoms with Crippen LogP contribution in [-0.2, 0) is 0 Å². The smallest absolute Gasteiger partial charge is 0.161 e. The molecule has 0 saturated carbocycles. The van der Waals surface area contributed by atoms with E-state index in [1.54, 1.807) is 14.2 Å². The lowest BCUT2D eigenvalue weighted by molar-refractivity contribution is 0.172. The van der Waals surface area contributed by atoms with Crippen molar-refractivity contribution in [2.45, 2.75) is 18.4 Å². The van der Waals surface area contributed by atoms with Gasteiger partial charge in [0.1, 0.15) is 0 Å². The summed E-state index contributed by atoms with van der Waals surface area (Å²) in [6.07, 6.45) is 0.357. The van der Waals surface area contributed by atoms with Crippen molar-refractivity contribution in [2.24, 2.45) is 0 Å². The van der Waals surface area contributed by atoms with Gasteiger partial charge in [-0.1, -0.05) is 0 Å². The van der Waals surface area contributed by atoms with Gasteiger partial charge in [-0.25, -0.2) is 0 Å². The zero-order chi connectivity index (χ0) is 12.4. The second-order valence-corrected chi connectivity index (χ2v) is 4.34. The van der Waals surface area contributed by atoms with E-state index in [9.17, 15) is 5.11 Å². The van der Waals surface area contributed by atoms with Gasteiger partial charge in [0.25, 0.3) is 0 Å². The standard InChI is InChI=1S/C13H19NO3/c1-14-7-8-4-11(15)10-6-13(17-3)12(16-2)5-9(8)10/h5-6,8,11,14-15H,4,7H2,1-3H3. The predicted molar refractivity (Wildman–Crippen MR) is 65.8 cm³/mol. The Morgan fingerprint density at radius 3 is 2.35 bits per heavy atom. The van der Waals surface area contributed by atoms with Gasteiger partial charge in [0, 0.05) is 6.54 Å². The van der Waals surface area contributed by atoms with E-state index in [0.29, 0.717) is 11.7 Å². The van der Waals surface area contributed by atoms with E-state index in [0.717, 1.165) is 29.8 Å². The van der Waals surface area contributed by atoms with E-state index in [1.165, 1.54) is 0 Å². The van der Waals surface area contributed by atoms with E-state index >= 15 is 0 Å². The summed E-state index contributed by atoms with van der Waals surface area (Å²) in [6, 6.07) is 3.86. The summed E-state index contributed by atoms with van der Waals surface area (Å²) < 4.78 is 10.5. The van der Waals surface area contributed by atoms with Crippen molar-refractivity contribution in [3.8, 4) is 11.5 Å². The van der Waals surface area contributed by atoms with Crippen molar-refractivity contribution in [3.63, 3.8) is 0 Å². The average Bonchev–Trinajstić information content (AvgIpc) is 2.65. The molecule has 0 bridgehead atoms. The van der Waals surface area contributed by atoms with Crippen LogP contribution < -0.4 is 14.8 Å². The number of fused-ring (bicyclic) bond motifs is 1. The Morgan fingerprint density at radius 1 is 1.24 bits per heavy atom. The van der Waals surface area contributed by atoms with E-state index in [2.05, 4.69) is 5.32 Å². The topological polar surface area (TPSA) is 50.7 Å². The van der Waals surface area contributed by atoms with Crippen LogP contribution in [0.2, 0.25) is 0 Å². The van der Waals surface area contributed by atoms with Gasteiger partial charge in [0.05, 0.1) is 20.3 Å². The van der Waals surface area contributed by atoms with Crippen LogP contribution in [0, 0.1) is 0 Å². The molecule has 1 aromatic carbocycles. The highest BCUT2D eigenvalue weighted by atomic mass is 16.5. The lowest BCUT2D eigenvalue weighted by atomic mass is 10.0. The van der Waals surface area contributed by atoms with Crippen molar-refractivity contribution >= 4 is 0 Å². The monoisotopic (exact) mass is 237 g/mol. The SMILES string of the molecule is CNCC1CC(O)c2cc(OC)c(OC)cc21. The summed E-state index contributed by atoms with van der Waals surface area (Å²) in [5.41, 5.74) is 2.12. The Balaban J connectivity index is 2.43. The van der Waals surface area contributed by atoms with Crippen molar-refractivity contribution < 1.29 is 14.6 Å². The number of ether oxygens (including phenoxy) is 2. The Bertz CT molecular complexity index is 406. The largest absolute Gasteiger partial charge is 0.493 e. The first-order valence-corrected chi connectivity index (χ1v) is 5.79. The Labute approximate surface area is 102 Å². The molecule has 0 saturated heterocycles. The Morgan fingerprint density at radius 2 is 1.82 bits per heavy atom. The molecule has 0 radical (unpaired) electrons. The molecule has 2 rings (SSSR count). The molecule has 0 aromatic heterocycles. The molecule has 0 aliphatic heterocycles. The van der Waals surface area contributed by atoms with Gasteiger partial charge in [-0.15, -0.1) is 0 Å².